The number of benzene rings is 1. The molecule has 0 radical (unpaired) electrons. The van der Waals surface area contributed by atoms with Gasteiger partial charge in [-0.3, -0.25) is 9.59 Å². The van der Waals surface area contributed by atoms with Crippen molar-refractivity contribution >= 4 is 22.6 Å². The van der Waals surface area contributed by atoms with Crippen LogP contribution in [0.2, 0.25) is 0 Å². The number of Topliss-reactive ketones (excluding diaryl/α,β-unsaturated/α-hetero) is 1. The molecule has 3 rings (SSSR count). The highest BCUT2D eigenvalue weighted by Crippen LogP contribution is 2.21. The monoisotopic (exact) mass is 300 g/mol. The van der Waals surface area contributed by atoms with Gasteiger partial charge in [0.1, 0.15) is 6.54 Å². The number of amides is 1. The van der Waals surface area contributed by atoms with E-state index in [0.717, 1.165) is 46.4 Å². The lowest BCUT2D eigenvalue weighted by Gasteiger charge is -2.27. The number of aryl methyl sites for hydroxylation is 1. The predicted molar refractivity (Wildman–Crippen MR) is 84.8 cm³/mol. The molecule has 0 aliphatic carbocycles. The number of fused-ring (bicyclic) bond motifs is 1. The van der Waals surface area contributed by atoms with E-state index in [1.807, 2.05) is 31.2 Å². The molecular formula is C17H22N3O2+. The van der Waals surface area contributed by atoms with Crippen LogP contribution in [0.1, 0.15) is 28.9 Å². The Morgan fingerprint density at radius 3 is 2.91 bits per heavy atom. The minimum atomic E-state index is -0.243. The number of ketones is 1. The van der Waals surface area contributed by atoms with Gasteiger partial charge in [-0.05, 0) is 25.8 Å². The summed E-state index contributed by atoms with van der Waals surface area (Å²) in [5, 5.41) is 0.980. The number of piperidine rings is 1. The largest absolute Gasteiger partial charge is 0.369 e. The van der Waals surface area contributed by atoms with Crippen molar-refractivity contribution < 1.29 is 14.5 Å². The minimum Gasteiger partial charge on any atom is -0.369 e. The van der Waals surface area contributed by atoms with Crippen molar-refractivity contribution in [2.45, 2.75) is 19.8 Å². The molecule has 1 aromatic carbocycles. The number of likely N-dealkylation sites (tertiary alicyclic amines) is 1. The molecule has 1 aromatic heterocycles. The molecule has 1 aliphatic rings. The number of nitrogens with one attached hydrogen (secondary N) is 2. The van der Waals surface area contributed by atoms with E-state index in [4.69, 9.17) is 5.73 Å². The summed E-state index contributed by atoms with van der Waals surface area (Å²) in [6, 6.07) is 7.86. The Labute approximate surface area is 129 Å². The zero-order valence-corrected chi connectivity index (χ0v) is 12.8. The summed E-state index contributed by atoms with van der Waals surface area (Å²) in [6.45, 7) is 3.96. The summed E-state index contributed by atoms with van der Waals surface area (Å²) in [7, 11) is 0. The second-order valence-corrected chi connectivity index (χ2v) is 6.22. The quantitative estimate of drug-likeness (QED) is 0.716. The van der Waals surface area contributed by atoms with Gasteiger partial charge in [-0.15, -0.1) is 0 Å². The molecule has 0 bridgehead atoms. The summed E-state index contributed by atoms with van der Waals surface area (Å²) in [5.41, 5.74) is 8.10. The molecule has 1 amide bonds. The van der Waals surface area contributed by atoms with Gasteiger partial charge < -0.3 is 15.6 Å². The summed E-state index contributed by atoms with van der Waals surface area (Å²) >= 11 is 0. The van der Waals surface area contributed by atoms with Crippen LogP contribution in [0.5, 0.6) is 0 Å². The standard InChI is InChI=1S/C17H21N3O2/c1-11-16(13-6-2-3-7-14(13)19-11)15(21)10-20-8-4-5-12(9-20)17(18)22/h2-3,6-7,12,19H,4-5,8-10H2,1H3,(H2,18,22)/p+1/t12-/m0/s1. The average Bonchev–Trinajstić information content (AvgIpc) is 2.83. The van der Waals surface area contributed by atoms with Crippen LogP contribution in [0.25, 0.3) is 10.9 Å². The van der Waals surface area contributed by atoms with E-state index < -0.39 is 0 Å². The van der Waals surface area contributed by atoms with Gasteiger partial charge >= 0.3 is 0 Å². The van der Waals surface area contributed by atoms with Crippen molar-refractivity contribution in [2.75, 3.05) is 19.6 Å². The first-order valence-corrected chi connectivity index (χ1v) is 7.79. The number of hydrogen-bond acceptors (Lipinski definition) is 2. The molecule has 0 saturated carbocycles. The van der Waals surface area contributed by atoms with Crippen LogP contribution >= 0.6 is 0 Å². The minimum absolute atomic E-state index is 0.0967. The smallest absolute Gasteiger partial charge is 0.226 e. The Hall–Kier alpha value is -2.14. The van der Waals surface area contributed by atoms with Crippen LogP contribution in [-0.2, 0) is 4.79 Å². The van der Waals surface area contributed by atoms with Crippen LogP contribution in [0.3, 0.4) is 0 Å². The molecule has 2 atom stereocenters. The van der Waals surface area contributed by atoms with Gasteiger partial charge in [-0.1, -0.05) is 18.2 Å². The first-order chi connectivity index (χ1) is 10.6. The fraction of sp³-hybridized carbons (Fsp3) is 0.412. The maximum absolute atomic E-state index is 12.7. The average molecular weight is 300 g/mol. The lowest BCUT2D eigenvalue weighted by atomic mass is 9.96. The number of quaternary nitrogens is 1. The Morgan fingerprint density at radius 2 is 2.14 bits per heavy atom. The van der Waals surface area contributed by atoms with Crippen molar-refractivity contribution in [3.05, 3.63) is 35.5 Å². The SMILES string of the molecule is Cc1[nH]c2ccccc2c1C(=O)C[NH+]1CCC[C@H](C(N)=O)C1. The molecule has 1 fully saturated rings. The number of primary amides is 1. The second-order valence-electron chi connectivity index (χ2n) is 6.22. The number of H-pyrrole nitrogens is 1. The second kappa shape index (κ2) is 5.93. The van der Waals surface area contributed by atoms with Gasteiger partial charge in [0.25, 0.3) is 0 Å². The maximum Gasteiger partial charge on any atom is 0.226 e. The molecule has 2 heterocycles. The van der Waals surface area contributed by atoms with Gasteiger partial charge in [0.05, 0.1) is 24.6 Å². The number of aromatic amines is 1. The summed E-state index contributed by atoms with van der Waals surface area (Å²) in [4.78, 5) is 28.5. The van der Waals surface area contributed by atoms with E-state index in [1.165, 1.54) is 0 Å². The normalized spacial score (nSPS) is 21.9. The highest BCUT2D eigenvalue weighted by molar-refractivity contribution is 6.09. The van der Waals surface area contributed by atoms with Crippen LogP contribution < -0.4 is 10.6 Å². The molecule has 1 aliphatic heterocycles. The van der Waals surface area contributed by atoms with Crippen molar-refractivity contribution in [1.82, 2.24) is 4.98 Å². The number of hydrogen-bond donors (Lipinski definition) is 3. The zero-order chi connectivity index (χ0) is 15.7. The molecular weight excluding hydrogens is 278 g/mol. The number of carbonyl (C=O) groups is 2. The Morgan fingerprint density at radius 1 is 1.36 bits per heavy atom. The molecule has 2 aromatic rings. The molecule has 0 spiro atoms. The van der Waals surface area contributed by atoms with E-state index >= 15 is 0 Å². The van der Waals surface area contributed by atoms with Gasteiger partial charge in [0.2, 0.25) is 11.7 Å². The third kappa shape index (κ3) is 2.76. The molecule has 4 N–H and O–H groups in total. The van der Waals surface area contributed by atoms with E-state index in [9.17, 15) is 9.59 Å². The van der Waals surface area contributed by atoms with Crippen molar-refractivity contribution in [3.8, 4) is 0 Å². The Kier molecular flexibility index (Phi) is 3.98. The Balaban J connectivity index is 1.79. The van der Waals surface area contributed by atoms with Crippen LogP contribution in [0.15, 0.2) is 24.3 Å². The number of rotatable bonds is 4. The Bertz CT molecular complexity index is 720. The lowest BCUT2D eigenvalue weighted by molar-refractivity contribution is -0.898. The highest BCUT2D eigenvalue weighted by Gasteiger charge is 2.29. The number of nitrogens with two attached hydrogens (primary N) is 1. The zero-order valence-electron chi connectivity index (χ0n) is 12.8. The fourth-order valence-corrected chi connectivity index (χ4v) is 3.51. The maximum atomic E-state index is 12.7. The molecule has 1 saturated heterocycles. The molecule has 1 unspecified atom stereocenters. The van der Waals surface area contributed by atoms with Crippen LogP contribution in [-0.4, -0.2) is 36.3 Å². The summed E-state index contributed by atoms with van der Waals surface area (Å²) < 4.78 is 0. The summed E-state index contributed by atoms with van der Waals surface area (Å²) in [6.07, 6.45) is 1.79. The number of carbonyl (C=O) groups excluding carboxylic acids is 2. The van der Waals surface area contributed by atoms with E-state index in [-0.39, 0.29) is 17.6 Å². The van der Waals surface area contributed by atoms with Gasteiger partial charge in [0.15, 0.2) is 0 Å². The molecule has 5 nitrogen and oxygen atoms in total. The van der Waals surface area contributed by atoms with Crippen molar-refractivity contribution in [1.29, 1.82) is 0 Å². The topological polar surface area (TPSA) is 80.4 Å². The molecule has 116 valence electrons. The van der Waals surface area contributed by atoms with E-state index in [2.05, 4.69) is 4.98 Å². The van der Waals surface area contributed by atoms with Crippen molar-refractivity contribution in [2.24, 2.45) is 11.7 Å². The fourth-order valence-electron chi connectivity index (χ4n) is 3.51. The lowest BCUT2D eigenvalue weighted by Crippen LogP contribution is -3.14. The van der Waals surface area contributed by atoms with E-state index in [0.29, 0.717) is 13.1 Å². The molecule has 5 heteroatoms. The highest BCUT2D eigenvalue weighted by atomic mass is 16.1. The van der Waals surface area contributed by atoms with Gasteiger partial charge in [0, 0.05) is 16.6 Å². The van der Waals surface area contributed by atoms with Gasteiger partial charge in [-0.25, -0.2) is 0 Å². The van der Waals surface area contributed by atoms with Crippen LogP contribution in [0.4, 0.5) is 0 Å². The third-order valence-corrected chi connectivity index (χ3v) is 4.60. The third-order valence-electron chi connectivity index (χ3n) is 4.60. The first-order valence-electron chi connectivity index (χ1n) is 7.79. The van der Waals surface area contributed by atoms with Crippen molar-refractivity contribution in [3.63, 3.8) is 0 Å². The first kappa shape index (κ1) is 14.8. The number of aromatic nitrogens is 1. The summed E-state index contributed by atoms with van der Waals surface area (Å²) in [5.74, 6) is -0.205. The predicted octanol–water partition coefficient (Wildman–Crippen LogP) is 0.439. The number of para-hydroxylation sites is 1. The van der Waals surface area contributed by atoms with Crippen LogP contribution in [0, 0.1) is 12.8 Å². The van der Waals surface area contributed by atoms with Gasteiger partial charge in [-0.2, -0.15) is 0 Å². The van der Waals surface area contributed by atoms with E-state index in [1.54, 1.807) is 0 Å². The molecule has 22 heavy (non-hydrogen) atoms.